The Morgan fingerprint density at radius 3 is 2.30 bits per heavy atom. The summed E-state index contributed by atoms with van der Waals surface area (Å²) in [5, 5.41) is 26.9. The lowest BCUT2D eigenvalue weighted by Gasteiger charge is -2.32. The van der Waals surface area contributed by atoms with Gasteiger partial charge in [-0.2, -0.15) is 0 Å². The van der Waals surface area contributed by atoms with Crippen molar-refractivity contribution in [3.8, 4) is 17.2 Å². The fourth-order valence-corrected chi connectivity index (χ4v) is 4.26. The van der Waals surface area contributed by atoms with Crippen molar-refractivity contribution >= 4 is 27.3 Å². The van der Waals surface area contributed by atoms with E-state index in [4.69, 9.17) is 9.47 Å². The monoisotopic (exact) mass is 529 g/mol. The van der Waals surface area contributed by atoms with Crippen LogP contribution in [0.1, 0.15) is 24.2 Å². The van der Waals surface area contributed by atoms with E-state index in [1.807, 2.05) is 0 Å². The van der Waals surface area contributed by atoms with Crippen LogP contribution in [0.15, 0.2) is 66.7 Å². The molecule has 37 heavy (non-hydrogen) atoms. The lowest BCUT2D eigenvalue weighted by molar-refractivity contribution is -0.122. The summed E-state index contributed by atoms with van der Waals surface area (Å²) in [4.78, 5) is 13.6. The van der Waals surface area contributed by atoms with Gasteiger partial charge in [0.15, 0.2) is 0 Å². The number of aliphatic hydroxyl groups excluding tert-OH is 1. The number of hydrogen-bond acceptors (Lipinski definition) is 8. The average Bonchev–Trinajstić information content (AvgIpc) is 2.87. The summed E-state index contributed by atoms with van der Waals surface area (Å²) in [6, 6.07) is 18.0. The first-order valence-electron chi connectivity index (χ1n) is 11.3. The standard InChI is InChI=1S/C26H31N3O7S/c1-26(18-10-12-19(35-2)13-11-18,25(32)28-20-7-5-6-8-24(20)36-3)27-16-23(31)17-9-14-22(30)21(15-17)29-37(4,33)34/h5-15,23,27,29-31H,16H2,1-4H3,(H,28,32)/t23-,26-/m0/s1. The van der Waals surface area contributed by atoms with E-state index in [1.165, 1.54) is 25.3 Å². The quantitative estimate of drug-likeness (QED) is 0.238. The predicted octanol–water partition coefficient (Wildman–Crippen LogP) is 2.96. The highest BCUT2D eigenvalue weighted by molar-refractivity contribution is 7.92. The molecule has 3 aromatic rings. The number of para-hydroxylation sites is 2. The molecule has 3 aromatic carbocycles. The third-order valence-electron chi connectivity index (χ3n) is 5.83. The number of methoxy groups -OCH3 is 2. The highest BCUT2D eigenvalue weighted by Gasteiger charge is 2.36. The van der Waals surface area contributed by atoms with E-state index in [1.54, 1.807) is 62.6 Å². The highest BCUT2D eigenvalue weighted by Crippen LogP contribution is 2.31. The van der Waals surface area contributed by atoms with Crippen LogP contribution in [0.5, 0.6) is 17.2 Å². The van der Waals surface area contributed by atoms with E-state index in [0.29, 0.717) is 28.3 Å². The molecule has 0 radical (unpaired) electrons. The zero-order chi connectivity index (χ0) is 27.2. The van der Waals surface area contributed by atoms with Crippen LogP contribution in [0, 0.1) is 0 Å². The molecule has 0 spiro atoms. The summed E-state index contributed by atoms with van der Waals surface area (Å²) < 4.78 is 36.0. The second kappa shape index (κ2) is 11.5. The minimum absolute atomic E-state index is 0.0640. The number of phenolic OH excluding ortho intramolecular Hbond substituents is 1. The molecule has 198 valence electrons. The van der Waals surface area contributed by atoms with Gasteiger partial charge in [-0.3, -0.25) is 14.8 Å². The van der Waals surface area contributed by atoms with Gasteiger partial charge in [0.2, 0.25) is 15.9 Å². The van der Waals surface area contributed by atoms with E-state index < -0.39 is 27.6 Å². The first kappa shape index (κ1) is 27.8. The minimum Gasteiger partial charge on any atom is -0.506 e. The molecule has 10 nitrogen and oxygen atoms in total. The number of amides is 1. The number of aromatic hydroxyl groups is 1. The highest BCUT2D eigenvalue weighted by atomic mass is 32.2. The van der Waals surface area contributed by atoms with Gasteiger partial charge in [0.1, 0.15) is 22.8 Å². The fourth-order valence-electron chi connectivity index (χ4n) is 3.69. The Balaban J connectivity index is 1.89. The molecule has 0 aliphatic heterocycles. The van der Waals surface area contributed by atoms with Crippen LogP contribution in [0.25, 0.3) is 0 Å². The lowest BCUT2D eigenvalue weighted by Crippen LogP contribution is -2.51. The number of phenols is 1. The molecule has 0 aliphatic rings. The molecular formula is C26H31N3O7S. The van der Waals surface area contributed by atoms with Gasteiger partial charge in [-0.15, -0.1) is 0 Å². The van der Waals surface area contributed by atoms with E-state index in [-0.39, 0.29) is 18.0 Å². The number of hydrogen-bond donors (Lipinski definition) is 5. The van der Waals surface area contributed by atoms with E-state index >= 15 is 0 Å². The van der Waals surface area contributed by atoms with Crippen LogP contribution in [-0.2, 0) is 20.4 Å². The topological polar surface area (TPSA) is 146 Å². The second-order valence-corrected chi connectivity index (χ2v) is 10.3. The largest absolute Gasteiger partial charge is 0.506 e. The Morgan fingerprint density at radius 2 is 1.68 bits per heavy atom. The predicted molar refractivity (Wildman–Crippen MR) is 142 cm³/mol. The molecule has 0 heterocycles. The first-order chi connectivity index (χ1) is 17.5. The maximum absolute atomic E-state index is 13.6. The van der Waals surface area contributed by atoms with Gasteiger partial charge in [0.25, 0.3) is 0 Å². The van der Waals surface area contributed by atoms with Gasteiger partial charge in [0.05, 0.1) is 38.0 Å². The number of nitrogens with one attached hydrogen (secondary N) is 3. The number of rotatable bonds is 11. The molecule has 0 fully saturated rings. The van der Waals surface area contributed by atoms with Crippen molar-refractivity contribution in [2.75, 3.05) is 37.1 Å². The van der Waals surface area contributed by atoms with E-state index in [0.717, 1.165) is 6.26 Å². The Kier molecular flexibility index (Phi) is 8.64. The summed E-state index contributed by atoms with van der Waals surface area (Å²) in [5.41, 5.74) is 0.0495. The van der Waals surface area contributed by atoms with Crippen molar-refractivity contribution in [2.45, 2.75) is 18.6 Å². The summed E-state index contributed by atoms with van der Waals surface area (Å²) in [7, 11) is -0.597. The number of anilines is 2. The maximum atomic E-state index is 13.6. The normalized spacial score (nSPS) is 13.8. The Hall–Kier alpha value is -3.80. The van der Waals surface area contributed by atoms with Gasteiger partial charge in [-0.05, 0) is 54.4 Å². The molecule has 11 heteroatoms. The van der Waals surface area contributed by atoms with Gasteiger partial charge in [0, 0.05) is 6.54 Å². The zero-order valence-electron chi connectivity index (χ0n) is 21.0. The Labute approximate surface area is 216 Å². The van der Waals surface area contributed by atoms with Gasteiger partial charge < -0.3 is 25.0 Å². The number of carbonyl (C=O) groups excluding carboxylic acids is 1. The third kappa shape index (κ3) is 6.91. The molecule has 0 saturated carbocycles. The number of benzene rings is 3. The molecule has 2 atom stereocenters. The van der Waals surface area contributed by atoms with Crippen molar-refractivity contribution in [1.29, 1.82) is 0 Å². The Bertz CT molecular complexity index is 1350. The maximum Gasteiger partial charge on any atom is 0.249 e. The molecule has 0 aliphatic carbocycles. The zero-order valence-corrected chi connectivity index (χ0v) is 21.8. The number of ether oxygens (including phenoxy) is 2. The summed E-state index contributed by atoms with van der Waals surface area (Å²) >= 11 is 0. The molecule has 3 rings (SSSR count). The van der Waals surface area contributed by atoms with Gasteiger partial charge in [-0.1, -0.05) is 30.3 Å². The number of aliphatic hydroxyl groups is 1. The molecule has 5 N–H and O–H groups in total. The summed E-state index contributed by atoms with van der Waals surface area (Å²) in [6.45, 7) is 1.60. The average molecular weight is 530 g/mol. The van der Waals surface area contributed by atoms with Crippen molar-refractivity contribution < 1.29 is 32.9 Å². The smallest absolute Gasteiger partial charge is 0.249 e. The third-order valence-corrected chi connectivity index (χ3v) is 6.42. The number of carbonyl (C=O) groups is 1. The molecule has 0 aromatic heterocycles. The lowest BCUT2D eigenvalue weighted by atomic mass is 9.90. The molecule has 0 bridgehead atoms. The van der Waals surface area contributed by atoms with E-state index in [2.05, 4.69) is 15.4 Å². The summed E-state index contributed by atoms with van der Waals surface area (Å²) in [6.07, 6.45) is -0.185. The fraction of sp³-hybridized carbons (Fsp3) is 0.269. The van der Waals surface area contributed by atoms with Crippen LogP contribution in [-0.4, -0.2) is 51.6 Å². The van der Waals surface area contributed by atoms with Crippen molar-refractivity contribution in [2.24, 2.45) is 0 Å². The second-order valence-electron chi connectivity index (χ2n) is 8.56. The van der Waals surface area contributed by atoms with Crippen LogP contribution < -0.4 is 24.8 Å². The van der Waals surface area contributed by atoms with Crippen LogP contribution in [0.4, 0.5) is 11.4 Å². The molecule has 0 saturated heterocycles. The van der Waals surface area contributed by atoms with Gasteiger partial charge in [-0.25, -0.2) is 8.42 Å². The van der Waals surface area contributed by atoms with Crippen LogP contribution in [0.2, 0.25) is 0 Å². The van der Waals surface area contributed by atoms with E-state index in [9.17, 15) is 23.4 Å². The van der Waals surface area contributed by atoms with Crippen molar-refractivity contribution in [1.82, 2.24) is 5.32 Å². The van der Waals surface area contributed by atoms with Gasteiger partial charge >= 0.3 is 0 Å². The SMILES string of the molecule is COc1ccc([C@](C)(NC[C@H](O)c2ccc(O)c(NS(C)(=O)=O)c2)C(=O)Nc2ccccc2OC)cc1. The Morgan fingerprint density at radius 1 is 1.00 bits per heavy atom. The summed E-state index contributed by atoms with van der Waals surface area (Å²) in [5.74, 6) is 0.419. The number of sulfonamides is 1. The van der Waals surface area contributed by atoms with Crippen LogP contribution >= 0.6 is 0 Å². The van der Waals surface area contributed by atoms with Crippen molar-refractivity contribution in [3.05, 3.63) is 77.9 Å². The minimum atomic E-state index is -3.65. The van der Waals surface area contributed by atoms with Crippen molar-refractivity contribution in [3.63, 3.8) is 0 Å². The molecular weight excluding hydrogens is 498 g/mol. The van der Waals surface area contributed by atoms with Crippen LogP contribution in [0.3, 0.4) is 0 Å². The first-order valence-corrected chi connectivity index (χ1v) is 13.2. The molecule has 0 unspecified atom stereocenters. The molecule has 1 amide bonds.